The second-order valence-corrected chi connectivity index (χ2v) is 18.9. The molecule has 388 valence electrons. The van der Waals surface area contributed by atoms with Gasteiger partial charge in [0.1, 0.15) is 59.9 Å². The van der Waals surface area contributed by atoms with Crippen molar-refractivity contribution in [2.75, 3.05) is 34.6 Å². The number of rotatable bonds is 14. The minimum absolute atomic E-state index is 0.0927. The molecule has 5 amide bonds. The van der Waals surface area contributed by atoms with Gasteiger partial charge in [-0.25, -0.2) is 0 Å². The maximum Gasteiger partial charge on any atom is 0.471 e. The zero-order valence-electron chi connectivity index (χ0n) is 38.7. The smallest absolute Gasteiger partial charge is 0.471 e. The molecule has 5 atom stereocenters. The van der Waals surface area contributed by atoms with Crippen LogP contribution >= 0.6 is 39.1 Å². The Labute approximate surface area is 433 Å². The molecule has 2 aliphatic heterocycles. The van der Waals surface area contributed by atoms with E-state index in [9.17, 15) is 45.9 Å². The van der Waals surface area contributed by atoms with Crippen molar-refractivity contribution >= 4 is 78.8 Å². The van der Waals surface area contributed by atoms with Crippen LogP contribution in [0.2, 0.25) is 10.0 Å². The van der Waals surface area contributed by atoms with Crippen molar-refractivity contribution in [2.45, 2.75) is 43.1 Å². The first kappa shape index (κ1) is 55.3. The normalized spacial score (nSPS) is 17.4. The van der Waals surface area contributed by atoms with E-state index in [0.717, 1.165) is 24.3 Å². The topological polar surface area (TPSA) is 255 Å². The Kier molecular flexibility index (Phi) is 17.6. The summed E-state index contributed by atoms with van der Waals surface area (Å²) in [5.41, 5.74) is -0.321. The number of halogens is 6. The molecule has 0 aliphatic carbocycles. The number of methoxy groups -OCH3 is 3. The molecule has 0 saturated carbocycles. The van der Waals surface area contributed by atoms with Crippen molar-refractivity contribution in [1.29, 1.82) is 0 Å². The lowest BCUT2D eigenvalue weighted by Gasteiger charge is -2.30. The van der Waals surface area contributed by atoms with Crippen molar-refractivity contribution in [1.82, 2.24) is 26.6 Å². The Balaban J connectivity index is 1.61. The molecule has 5 aromatic carbocycles. The highest BCUT2D eigenvalue weighted by molar-refractivity contribution is 9.10. The number of likely N-dealkylation sites (N-methyl/N-ethyl adjacent to an activating group) is 1. The molecule has 0 saturated heterocycles. The van der Waals surface area contributed by atoms with E-state index in [4.69, 9.17) is 51.1 Å². The van der Waals surface area contributed by atoms with Crippen LogP contribution in [0, 0.1) is 0 Å². The molecular weight excluding hydrogens is 1100 g/mol. The summed E-state index contributed by atoms with van der Waals surface area (Å²) in [6.45, 7) is -0.163. The van der Waals surface area contributed by atoms with Crippen molar-refractivity contribution < 1.29 is 78.5 Å². The molecule has 19 nitrogen and oxygen atoms in total. The highest BCUT2D eigenvalue weighted by atomic mass is 79.9. The van der Waals surface area contributed by atoms with Crippen LogP contribution in [-0.4, -0.2) is 89.9 Å². The number of benzene rings is 5. The lowest BCUT2D eigenvalue weighted by molar-refractivity contribution is -0.174. The SMILES string of the molecule is CNC(=O)[C@@H](NC(=O)[C@H]1NC(=O)[C@@H](c2ccc(OC)cc2OCc2ccccc2)NC(=O)[C@H](NC(=O)C(F)(F)F)c2cc(Br)c(OS(C)(=O)=O)c(c2)Oc2c(Cl)cc(cc2Cl)[C@H]1O)c1cc(OC)cc(OC)c1. The second-order valence-electron chi connectivity index (χ2n) is 15.7. The second kappa shape index (κ2) is 23.3. The number of amides is 5. The first-order chi connectivity index (χ1) is 34.4. The zero-order valence-corrected chi connectivity index (χ0v) is 42.6. The predicted octanol–water partition coefficient (Wildman–Crippen LogP) is 6.20. The number of nitrogens with one attached hydrogen (secondary N) is 5. The Morgan fingerprint density at radius 3 is 2.05 bits per heavy atom. The molecular formula is C47H43BrCl2F3N5O14S. The van der Waals surface area contributed by atoms with Crippen LogP contribution in [0.5, 0.6) is 40.2 Å². The summed E-state index contributed by atoms with van der Waals surface area (Å²) in [6, 6.07) is 12.3. The Morgan fingerprint density at radius 2 is 1.48 bits per heavy atom. The molecule has 0 aromatic heterocycles. The molecule has 4 bridgehead atoms. The number of aliphatic hydroxyl groups is 1. The molecule has 2 heterocycles. The number of carbonyl (C=O) groups excluding carboxylic acids is 5. The summed E-state index contributed by atoms with van der Waals surface area (Å²) in [4.78, 5) is 71.1. The van der Waals surface area contributed by atoms with Crippen molar-refractivity contribution in [3.63, 3.8) is 0 Å². The van der Waals surface area contributed by atoms with Crippen molar-refractivity contribution in [2.24, 2.45) is 0 Å². The van der Waals surface area contributed by atoms with Gasteiger partial charge in [0.05, 0.1) is 42.1 Å². The minimum Gasteiger partial charge on any atom is -0.497 e. The van der Waals surface area contributed by atoms with Crippen LogP contribution in [0.3, 0.4) is 0 Å². The quantitative estimate of drug-likeness (QED) is 0.0677. The Bertz CT molecular complexity index is 3000. The van der Waals surface area contributed by atoms with Crippen LogP contribution in [0.25, 0.3) is 0 Å². The number of ether oxygens (including phenoxy) is 5. The van der Waals surface area contributed by atoms with Gasteiger partial charge < -0.3 is 59.6 Å². The molecule has 7 rings (SSSR count). The van der Waals surface area contributed by atoms with Gasteiger partial charge in [-0.1, -0.05) is 53.5 Å². The fourth-order valence-corrected chi connectivity index (χ4v) is 8.88. The highest BCUT2D eigenvalue weighted by Crippen LogP contribution is 2.46. The van der Waals surface area contributed by atoms with Gasteiger partial charge in [0.2, 0.25) is 23.6 Å². The molecule has 2 aliphatic rings. The third kappa shape index (κ3) is 13.6. The lowest BCUT2D eigenvalue weighted by Crippen LogP contribution is -2.55. The number of hydrogen-bond donors (Lipinski definition) is 6. The summed E-state index contributed by atoms with van der Waals surface area (Å²) in [6.07, 6.45) is -7.13. The average molecular weight is 1140 g/mol. The van der Waals surface area contributed by atoms with E-state index >= 15 is 4.79 Å². The summed E-state index contributed by atoms with van der Waals surface area (Å²) >= 11 is 16.5. The molecule has 5 aromatic rings. The Morgan fingerprint density at radius 1 is 0.849 bits per heavy atom. The largest absolute Gasteiger partial charge is 0.497 e. The monoisotopic (exact) mass is 1140 g/mol. The molecule has 0 spiro atoms. The van der Waals surface area contributed by atoms with Crippen LogP contribution in [0.15, 0.2) is 95.5 Å². The van der Waals surface area contributed by atoms with Gasteiger partial charge in [0.25, 0.3) is 0 Å². The standard InChI is InChI=1S/C47H43BrCl2F3N5O14S/c1-54-42(60)35(23-13-27(68-3)19-28(14-23)69-4)55-45(63)38-39(59)25-16-31(49)41(32(50)17-25)71-34-18-24(15-30(48)40(34)72-73(5,65)66)36(58-46(64)47(51,52)53)43(61)56-37(44(62)57-38)29-12-11-26(67-2)20-33(29)70-21-22-9-7-6-8-10-22/h6-20,35-39,59H,21H2,1-5H3,(H,54,60)(H,55,63)(H,56,61)(H,57,62)(H,58,64)/t35-,36+,37+,38-,39+/m0/s1. The van der Waals surface area contributed by atoms with Gasteiger partial charge in [-0.3, -0.25) is 24.0 Å². The fourth-order valence-electron chi connectivity index (χ4n) is 7.17. The molecule has 73 heavy (non-hydrogen) atoms. The van der Waals surface area contributed by atoms with Gasteiger partial charge in [-0.15, -0.1) is 0 Å². The van der Waals surface area contributed by atoms with Crippen LogP contribution in [0.4, 0.5) is 13.2 Å². The van der Waals surface area contributed by atoms with E-state index in [1.54, 1.807) is 35.6 Å². The third-order valence-electron chi connectivity index (χ3n) is 10.7. The molecule has 6 N–H and O–H groups in total. The van der Waals surface area contributed by atoms with Gasteiger partial charge in [-0.05, 0) is 86.7 Å². The molecule has 26 heteroatoms. The summed E-state index contributed by atoms with van der Waals surface area (Å²) < 4.78 is 100. The third-order valence-corrected chi connectivity index (χ3v) is 12.3. The van der Waals surface area contributed by atoms with E-state index in [-0.39, 0.29) is 50.8 Å². The van der Waals surface area contributed by atoms with E-state index in [2.05, 4.69) is 37.2 Å². The number of hydrogen-bond acceptors (Lipinski definition) is 14. The summed E-state index contributed by atoms with van der Waals surface area (Å²) in [7, 11) is 0.836. The zero-order chi connectivity index (χ0) is 53.5. The van der Waals surface area contributed by atoms with Gasteiger partial charge >= 0.3 is 22.2 Å². The maximum absolute atomic E-state index is 15.2. The van der Waals surface area contributed by atoms with Crippen LogP contribution in [0.1, 0.15) is 52.0 Å². The highest BCUT2D eigenvalue weighted by Gasteiger charge is 2.43. The molecule has 0 fully saturated rings. The van der Waals surface area contributed by atoms with Crippen LogP contribution in [-0.2, 0) is 40.7 Å². The van der Waals surface area contributed by atoms with E-state index < -0.39 is 109 Å². The first-order valence-corrected chi connectivity index (χ1v) is 24.5. The van der Waals surface area contributed by atoms with Crippen molar-refractivity contribution in [3.05, 3.63) is 133 Å². The first-order valence-electron chi connectivity index (χ1n) is 21.1. The van der Waals surface area contributed by atoms with Crippen molar-refractivity contribution in [3.8, 4) is 40.2 Å². The lowest BCUT2D eigenvalue weighted by atomic mass is 9.97. The van der Waals surface area contributed by atoms with Crippen LogP contribution < -0.4 is 54.5 Å². The Hall–Kier alpha value is -6.99. The van der Waals surface area contributed by atoms with E-state index in [0.29, 0.717) is 11.8 Å². The predicted molar refractivity (Wildman–Crippen MR) is 259 cm³/mol. The molecule has 0 radical (unpaired) electrons. The van der Waals surface area contributed by atoms with Gasteiger partial charge in [0, 0.05) is 24.7 Å². The fraction of sp³-hybridized carbons (Fsp3) is 0.255. The maximum atomic E-state index is 15.2. The van der Waals surface area contributed by atoms with E-state index in [1.165, 1.54) is 64.8 Å². The number of fused-ring (bicyclic) bond motifs is 9. The molecule has 0 unspecified atom stereocenters. The van der Waals surface area contributed by atoms with E-state index in [1.807, 2.05) is 0 Å². The minimum atomic E-state index is -5.61. The summed E-state index contributed by atoms with van der Waals surface area (Å²) in [5.74, 6) is -8.98. The van der Waals surface area contributed by atoms with Gasteiger partial charge in [0.15, 0.2) is 17.2 Å². The number of alkyl halides is 3. The average Bonchev–Trinajstić information content (AvgIpc) is 3.35. The number of carbonyl (C=O) groups is 5. The number of aliphatic hydroxyl groups excluding tert-OH is 1. The van der Waals surface area contributed by atoms with Gasteiger partial charge in [-0.2, -0.15) is 21.6 Å². The summed E-state index contributed by atoms with van der Waals surface area (Å²) in [5, 5.41) is 22.6.